The highest BCUT2D eigenvalue weighted by Crippen LogP contribution is 2.29. The number of amides is 1. The number of ether oxygens (including phenoxy) is 1. The molecule has 0 saturated carbocycles. The number of benzene rings is 2. The zero-order valence-corrected chi connectivity index (χ0v) is 19.2. The highest BCUT2D eigenvalue weighted by Gasteiger charge is 2.14. The fraction of sp³-hybridized carbons (Fsp3) is 0.0909. The molecule has 0 aliphatic carbocycles. The van der Waals surface area contributed by atoms with Crippen LogP contribution in [0.2, 0.25) is 10.0 Å². The molecule has 1 N–H and O–H groups in total. The van der Waals surface area contributed by atoms with Gasteiger partial charge in [0.2, 0.25) is 10.7 Å². The van der Waals surface area contributed by atoms with E-state index in [1.807, 2.05) is 47.2 Å². The fourth-order valence-electron chi connectivity index (χ4n) is 2.85. The highest BCUT2D eigenvalue weighted by molar-refractivity contribution is 7.07. The maximum Gasteiger partial charge on any atom is 0.278 e. The third-order valence-electron chi connectivity index (χ3n) is 4.37. The van der Waals surface area contributed by atoms with Crippen molar-refractivity contribution in [1.82, 2.24) is 20.0 Å². The van der Waals surface area contributed by atoms with Gasteiger partial charge in [0.15, 0.2) is 6.61 Å². The normalized spacial score (nSPS) is 11.4. The molecule has 0 radical (unpaired) electrons. The lowest BCUT2D eigenvalue weighted by atomic mass is 10.1. The topological polar surface area (TPSA) is 81.4 Å². The molecule has 0 bridgehead atoms. The molecule has 0 unspecified atom stereocenters. The quantitative estimate of drug-likeness (QED) is 0.404. The molecule has 0 atom stereocenters. The van der Waals surface area contributed by atoms with E-state index in [-0.39, 0.29) is 12.5 Å². The van der Waals surface area contributed by atoms with Gasteiger partial charge in [0, 0.05) is 22.8 Å². The molecule has 0 aliphatic heterocycles. The predicted molar refractivity (Wildman–Crippen MR) is 125 cm³/mol. The number of carbonyl (C=O) groups excluding carboxylic acids is 1. The van der Waals surface area contributed by atoms with Crippen LogP contribution in [0.3, 0.4) is 0 Å². The monoisotopic (exact) mass is 485 g/mol. The van der Waals surface area contributed by atoms with Crippen LogP contribution in [0, 0.1) is 6.92 Å². The summed E-state index contributed by atoms with van der Waals surface area (Å²) in [6, 6.07) is 13.3. The zero-order valence-electron chi connectivity index (χ0n) is 16.8. The fourth-order valence-corrected chi connectivity index (χ4v) is 4.20. The number of carbonyl (C=O) groups is 1. The Morgan fingerprint density at radius 3 is 2.72 bits per heavy atom. The van der Waals surface area contributed by atoms with Crippen molar-refractivity contribution in [2.24, 2.45) is 5.10 Å². The summed E-state index contributed by atoms with van der Waals surface area (Å²) in [4.78, 5) is 20.6. The van der Waals surface area contributed by atoms with Gasteiger partial charge in [-0.3, -0.25) is 14.3 Å². The number of hydrogen-bond acceptors (Lipinski definition) is 6. The van der Waals surface area contributed by atoms with E-state index in [0.29, 0.717) is 20.5 Å². The van der Waals surface area contributed by atoms with E-state index < -0.39 is 5.91 Å². The maximum atomic E-state index is 12.2. The van der Waals surface area contributed by atoms with Crippen LogP contribution in [-0.4, -0.2) is 27.0 Å². The average Bonchev–Trinajstić information content (AvgIpc) is 3.21. The van der Waals surface area contributed by atoms with Crippen LogP contribution in [0.4, 0.5) is 0 Å². The van der Waals surface area contributed by atoms with Crippen molar-refractivity contribution in [3.05, 3.63) is 86.8 Å². The molecule has 4 rings (SSSR count). The molecule has 32 heavy (non-hydrogen) atoms. The first kappa shape index (κ1) is 22.0. The second-order valence-electron chi connectivity index (χ2n) is 6.68. The van der Waals surface area contributed by atoms with Gasteiger partial charge in [0.25, 0.3) is 5.91 Å². The lowest BCUT2D eigenvalue weighted by Crippen LogP contribution is -2.28. The number of nitrogens with one attached hydrogen (secondary N) is 1. The molecule has 0 spiro atoms. The lowest BCUT2D eigenvalue weighted by molar-refractivity contribution is -0.123. The molecule has 2 heterocycles. The first-order valence-electron chi connectivity index (χ1n) is 9.45. The molecule has 7 nitrogen and oxygen atoms in total. The number of nitrogens with zero attached hydrogens (tertiary/aromatic N) is 4. The Morgan fingerprint density at radius 1 is 1.19 bits per heavy atom. The Morgan fingerprint density at radius 2 is 2.00 bits per heavy atom. The summed E-state index contributed by atoms with van der Waals surface area (Å²) >= 11 is 13.9. The zero-order chi connectivity index (χ0) is 22.5. The number of halogens is 2. The molecule has 0 aliphatic rings. The smallest absolute Gasteiger partial charge is 0.278 e. The molecule has 1 amide bonds. The second-order valence-corrected chi connectivity index (χ2v) is 8.36. The van der Waals surface area contributed by atoms with E-state index in [0.717, 1.165) is 16.8 Å². The van der Waals surface area contributed by atoms with Gasteiger partial charge in [0.1, 0.15) is 0 Å². The van der Waals surface area contributed by atoms with Gasteiger partial charge in [-0.25, -0.2) is 10.4 Å². The minimum absolute atomic E-state index is 0.250. The summed E-state index contributed by atoms with van der Waals surface area (Å²) in [6.07, 6.45) is 4.42. The Hall–Kier alpha value is -3.20. The summed E-state index contributed by atoms with van der Waals surface area (Å²) in [7, 11) is 0. The van der Waals surface area contributed by atoms with E-state index in [1.165, 1.54) is 29.9 Å². The Labute approximate surface area is 198 Å². The first-order valence-corrected chi connectivity index (χ1v) is 11.1. The second kappa shape index (κ2) is 9.95. The first-order chi connectivity index (χ1) is 15.5. The summed E-state index contributed by atoms with van der Waals surface area (Å²) < 4.78 is 7.18. The van der Waals surface area contributed by atoms with Gasteiger partial charge in [0.05, 0.1) is 22.6 Å². The Balaban J connectivity index is 1.67. The summed E-state index contributed by atoms with van der Waals surface area (Å²) in [5.41, 5.74) is 6.22. The number of aromatic nitrogens is 3. The highest BCUT2D eigenvalue weighted by atomic mass is 35.5. The minimum atomic E-state index is -0.435. The van der Waals surface area contributed by atoms with Gasteiger partial charge in [-0.1, -0.05) is 53.0 Å². The summed E-state index contributed by atoms with van der Waals surface area (Å²) in [5.74, 6) is -0.182. The lowest BCUT2D eigenvalue weighted by Gasteiger charge is -2.12. The molecule has 2 aromatic carbocycles. The number of rotatable bonds is 6. The van der Waals surface area contributed by atoms with Crippen LogP contribution in [0.25, 0.3) is 16.9 Å². The molecule has 162 valence electrons. The van der Waals surface area contributed by atoms with Crippen molar-refractivity contribution >= 4 is 40.4 Å². The van der Waals surface area contributed by atoms with Gasteiger partial charge in [-0.15, -0.1) is 16.4 Å². The van der Waals surface area contributed by atoms with Gasteiger partial charge in [-0.05, 0) is 30.7 Å². The van der Waals surface area contributed by atoms with Crippen molar-refractivity contribution in [2.75, 3.05) is 6.61 Å². The minimum Gasteiger partial charge on any atom is -0.466 e. The van der Waals surface area contributed by atoms with Crippen molar-refractivity contribution in [3.8, 4) is 22.8 Å². The average molecular weight is 486 g/mol. The van der Waals surface area contributed by atoms with E-state index in [1.54, 1.807) is 12.1 Å². The number of aryl methyl sites for hydroxylation is 1. The van der Waals surface area contributed by atoms with Crippen molar-refractivity contribution in [1.29, 1.82) is 0 Å². The third-order valence-corrected chi connectivity index (χ3v) is 5.74. The van der Waals surface area contributed by atoms with Crippen molar-refractivity contribution in [2.45, 2.75) is 6.92 Å². The molecular formula is C22H17Cl2N5O2S. The molecule has 2 aromatic heterocycles. The molecular weight excluding hydrogens is 469 g/mol. The van der Waals surface area contributed by atoms with Crippen LogP contribution < -0.4 is 15.0 Å². The summed E-state index contributed by atoms with van der Waals surface area (Å²) in [6.45, 7) is 1.78. The maximum absolute atomic E-state index is 12.2. The van der Waals surface area contributed by atoms with Crippen molar-refractivity contribution < 1.29 is 9.53 Å². The van der Waals surface area contributed by atoms with Gasteiger partial charge >= 0.3 is 0 Å². The Bertz CT molecular complexity index is 1300. The number of hydrogen-bond donors (Lipinski definition) is 1. The van der Waals surface area contributed by atoms with Crippen LogP contribution in [0.1, 0.15) is 5.56 Å². The molecule has 4 aromatic rings. The molecule has 0 saturated heterocycles. The van der Waals surface area contributed by atoms with Crippen LogP contribution in [-0.2, 0) is 4.79 Å². The van der Waals surface area contributed by atoms with E-state index in [2.05, 4.69) is 20.5 Å². The van der Waals surface area contributed by atoms with Crippen LogP contribution in [0.5, 0.6) is 5.88 Å². The van der Waals surface area contributed by atoms with Crippen LogP contribution >= 0.6 is 34.5 Å². The predicted octanol–water partition coefficient (Wildman–Crippen LogP) is 4.62. The summed E-state index contributed by atoms with van der Waals surface area (Å²) in [5, 5.41) is 7.24. The van der Waals surface area contributed by atoms with Gasteiger partial charge in [-0.2, -0.15) is 0 Å². The van der Waals surface area contributed by atoms with Crippen molar-refractivity contribution in [3.63, 3.8) is 0 Å². The molecule has 10 heteroatoms. The SMILES string of the molecule is Cc1ccc(-c2cs/c(=N\NC(=O)COc3cnccn3)n2-c2ccc(Cl)cc2Cl)cc1. The Kier molecular flexibility index (Phi) is 6.84. The van der Waals surface area contributed by atoms with E-state index in [9.17, 15) is 4.79 Å². The van der Waals surface area contributed by atoms with E-state index >= 15 is 0 Å². The standard InChI is InChI=1S/C22H17Cl2N5O2S/c1-14-2-4-15(5-3-14)19-13-32-22(29(19)18-7-6-16(23)10-17(18)24)28-27-20(30)12-31-21-11-25-8-9-26-21/h2-11,13H,12H2,1H3,(H,27,30)/b28-22-. The largest absolute Gasteiger partial charge is 0.466 e. The van der Waals surface area contributed by atoms with Gasteiger partial charge < -0.3 is 4.74 Å². The van der Waals surface area contributed by atoms with Crippen LogP contribution in [0.15, 0.2) is 71.5 Å². The third kappa shape index (κ3) is 5.16. The number of thiazole rings is 1. The van der Waals surface area contributed by atoms with E-state index in [4.69, 9.17) is 27.9 Å². The molecule has 0 fully saturated rings.